The van der Waals surface area contributed by atoms with Crippen LogP contribution in [0.3, 0.4) is 0 Å². The lowest BCUT2D eigenvalue weighted by molar-refractivity contribution is 0.1000. The topological polar surface area (TPSA) is 72.3 Å². The van der Waals surface area contributed by atoms with Crippen molar-refractivity contribution in [2.24, 2.45) is 11.5 Å². The quantitative estimate of drug-likeness (QED) is 0.874. The minimum absolute atomic E-state index is 0.154. The maximum absolute atomic E-state index is 12.7. The fraction of sp³-hybridized carbons (Fsp3) is 0.409. The number of carbonyl (C=O) groups excluding carboxylic acids is 1. The van der Waals surface area contributed by atoms with E-state index in [1.54, 1.807) is 12.1 Å². The Morgan fingerprint density at radius 2 is 1.70 bits per heavy atom. The van der Waals surface area contributed by atoms with Crippen LogP contribution in [0.2, 0.25) is 0 Å². The number of nitrogens with two attached hydrogens (primary N) is 2. The number of primary amides is 1. The van der Waals surface area contributed by atoms with E-state index in [-0.39, 0.29) is 11.7 Å². The van der Waals surface area contributed by atoms with Gasteiger partial charge in [0, 0.05) is 12.2 Å². The Morgan fingerprint density at radius 3 is 2.33 bits per heavy atom. The first-order chi connectivity index (χ1) is 13.1. The van der Waals surface area contributed by atoms with Crippen molar-refractivity contribution in [2.75, 3.05) is 19.8 Å². The number of halogens is 1. The number of amides is 1. The Labute approximate surface area is 159 Å². The molecule has 5 rings (SSSR count). The number of piperidine rings is 1. The Hall–Kier alpha value is -2.24. The third kappa shape index (κ3) is 3.75. The fourth-order valence-corrected chi connectivity index (χ4v) is 4.36. The summed E-state index contributed by atoms with van der Waals surface area (Å²) in [7, 11) is 0. The van der Waals surface area contributed by atoms with Gasteiger partial charge in [0.2, 0.25) is 5.91 Å². The second-order valence-electron chi connectivity index (χ2n) is 7.78. The molecule has 2 aliphatic carbocycles. The molecular weight excluding hydrogens is 341 g/mol. The lowest BCUT2D eigenvalue weighted by Gasteiger charge is -2.30. The Kier molecular flexibility index (Phi) is 4.98. The largest absolute Gasteiger partial charge is 0.366 e. The second-order valence-corrected chi connectivity index (χ2v) is 7.78. The fourth-order valence-electron chi connectivity index (χ4n) is 4.36. The van der Waals surface area contributed by atoms with Gasteiger partial charge in [0.25, 0.3) is 0 Å². The first-order valence-corrected chi connectivity index (χ1v) is 9.68. The standard InChI is InChI=1S/C12H17FN2.C10H9NO/c13-12-3-1-10(2-4-12)11-5-7-15(9-14)8-6-11;11-10(12)5-1-2-6-7(3-5)9-4-8(6)9/h1-4,11H,5-9,14H2;1-3,8-9H,4H2,(H2,11,12). The van der Waals surface area contributed by atoms with Crippen LogP contribution in [0.4, 0.5) is 4.39 Å². The van der Waals surface area contributed by atoms with E-state index < -0.39 is 0 Å². The number of benzene rings is 2. The first-order valence-electron chi connectivity index (χ1n) is 9.68. The molecule has 1 saturated heterocycles. The average Bonchev–Trinajstić information content (AvgIpc) is 3.41. The lowest BCUT2D eigenvalue weighted by atomic mass is 9.87. The molecule has 0 spiro atoms. The van der Waals surface area contributed by atoms with Crippen LogP contribution in [0.25, 0.3) is 0 Å². The highest BCUT2D eigenvalue weighted by molar-refractivity contribution is 5.93. The normalized spacial score (nSPS) is 23.3. The van der Waals surface area contributed by atoms with Crippen LogP contribution in [0.1, 0.15) is 64.1 Å². The average molecular weight is 367 g/mol. The summed E-state index contributed by atoms with van der Waals surface area (Å²) in [6.45, 7) is 2.76. The van der Waals surface area contributed by atoms with Gasteiger partial charge in [-0.25, -0.2) is 4.39 Å². The predicted molar refractivity (Wildman–Crippen MR) is 104 cm³/mol. The van der Waals surface area contributed by atoms with Crippen molar-refractivity contribution in [3.05, 3.63) is 70.5 Å². The molecule has 0 radical (unpaired) electrons. The van der Waals surface area contributed by atoms with E-state index >= 15 is 0 Å². The summed E-state index contributed by atoms with van der Waals surface area (Å²) in [6.07, 6.45) is 3.54. The van der Waals surface area contributed by atoms with Crippen LogP contribution in [0, 0.1) is 5.82 Å². The molecule has 1 saturated carbocycles. The van der Waals surface area contributed by atoms with E-state index in [4.69, 9.17) is 11.5 Å². The number of fused-ring (bicyclic) bond motifs is 4. The summed E-state index contributed by atoms with van der Waals surface area (Å²) in [5.41, 5.74) is 15.5. The predicted octanol–water partition coefficient (Wildman–Crippen LogP) is 3.29. The number of rotatable bonds is 3. The van der Waals surface area contributed by atoms with E-state index in [9.17, 15) is 9.18 Å². The SMILES string of the molecule is NC(=O)c1ccc2c(c1)C1CC21.NCN1CCC(c2ccc(F)cc2)CC1. The van der Waals surface area contributed by atoms with Gasteiger partial charge >= 0.3 is 0 Å². The Balaban J connectivity index is 0.000000136. The molecule has 2 atom stereocenters. The van der Waals surface area contributed by atoms with Gasteiger partial charge in [0.05, 0.1) is 0 Å². The van der Waals surface area contributed by atoms with Gasteiger partial charge in [0.15, 0.2) is 0 Å². The zero-order valence-corrected chi connectivity index (χ0v) is 15.4. The van der Waals surface area contributed by atoms with Crippen molar-refractivity contribution in [1.82, 2.24) is 4.90 Å². The van der Waals surface area contributed by atoms with Crippen LogP contribution < -0.4 is 11.5 Å². The van der Waals surface area contributed by atoms with Gasteiger partial charge in [-0.15, -0.1) is 0 Å². The first kappa shape index (κ1) is 18.1. The van der Waals surface area contributed by atoms with Crippen LogP contribution in [0.15, 0.2) is 42.5 Å². The number of hydrogen-bond donors (Lipinski definition) is 2. The number of likely N-dealkylation sites (tertiary alicyclic amines) is 1. The summed E-state index contributed by atoms with van der Waals surface area (Å²) < 4.78 is 12.7. The van der Waals surface area contributed by atoms with Crippen LogP contribution in [0.5, 0.6) is 0 Å². The van der Waals surface area contributed by atoms with E-state index in [1.165, 1.54) is 23.1 Å². The molecule has 142 valence electrons. The summed E-state index contributed by atoms with van der Waals surface area (Å²) in [5.74, 6) is 1.69. The van der Waals surface area contributed by atoms with Crippen LogP contribution in [-0.2, 0) is 0 Å². The minimum Gasteiger partial charge on any atom is -0.366 e. The molecule has 0 aromatic heterocycles. The molecule has 1 aliphatic heterocycles. The number of carbonyl (C=O) groups is 1. The molecule has 5 heteroatoms. The minimum atomic E-state index is -0.318. The van der Waals surface area contributed by atoms with E-state index in [0.717, 1.165) is 37.8 Å². The molecule has 4 nitrogen and oxygen atoms in total. The highest BCUT2D eigenvalue weighted by Crippen LogP contribution is 2.65. The van der Waals surface area contributed by atoms with Crippen molar-refractivity contribution in [2.45, 2.75) is 37.0 Å². The lowest BCUT2D eigenvalue weighted by Crippen LogP contribution is -2.36. The van der Waals surface area contributed by atoms with E-state index in [2.05, 4.69) is 4.90 Å². The molecule has 1 heterocycles. The van der Waals surface area contributed by atoms with Crippen LogP contribution in [-0.4, -0.2) is 30.6 Å². The molecule has 0 bridgehead atoms. The third-order valence-electron chi connectivity index (χ3n) is 6.15. The summed E-state index contributed by atoms with van der Waals surface area (Å²) in [5, 5.41) is 0. The summed E-state index contributed by atoms with van der Waals surface area (Å²) in [4.78, 5) is 13.1. The van der Waals surface area contributed by atoms with Gasteiger partial charge in [-0.05, 0) is 91.1 Å². The highest BCUT2D eigenvalue weighted by atomic mass is 19.1. The van der Waals surface area contributed by atoms with E-state index in [1.807, 2.05) is 30.3 Å². The smallest absolute Gasteiger partial charge is 0.248 e. The molecule has 2 unspecified atom stereocenters. The van der Waals surface area contributed by atoms with Gasteiger partial charge < -0.3 is 11.5 Å². The molecule has 4 N–H and O–H groups in total. The van der Waals surface area contributed by atoms with Gasteiger partial charge in [0.1, 0.15) is 5.82 Å². The van der Waals surface area contributed by atoms with Crippen molar-refractivity contribution >= 4 is 5.91 Å². The number of nitrogens with zero attached hydrogens (tertiary/aromatic N) is 1. The third-order valence-corrected chi connectivity index (χ3v) is 6.15. The van der Waals surface area contributed by atoms with Gasteiger partial charge in [-0.2, -0.15) is 0 Å². The summed E-state index contributed by atoms with van der Waals surface area (Å²) in [6, 6.07) is 12.7. The van der Waals surface area contributed by atoms with Crippen molar-refractivity contribution in [3.63, 3.8) is 0 Å². The molecule has 2 fully saturated rings. The van der Waals surface area contributed by atoms with Gasteiger partial charge in [-0.1, -0.05) is 18.2 Å². The molecule has 2 aromatic rings. The molecule has 27 heavy (non-hydrogen) atoms. The van der Waals surface area contributed by atoms with Crippen molar-refractivity contribution < 1.29 is 9.18 Å². The zero-order valence-electron chi connectivity index (χ0n) is 15.4. The Bertz CT molecular complexity index is 828. The summed E-state index contributed by atoms with van der Waals surface area (Å²) >= 11 is 0. The Morgan fingerprint density at radius 1 is 1.04 bits per heavy atom. The molecule has 3 aliphatic rings. The monoisotopic (exact) mass is 367 g/mol. The number of hydrogen-bond acceptors (Lipinski definition) is 3. The molecule has 2 aromatic carbocycles. The van der Waals surface area contributed by atoms with E-state index in [0.29, 0.717) is 18.2 Å². The second kappa shape index (κ2) is 7.41. The van der Waals surface area contributed by atoms with Crippen molar-refractivity contribution in [1.29, 1.82) is 0 Å². The highest BCUT2D eigenvalue weighted by Gasteiger charge is 2.50. The van der Waals surface area contributed by atoms with Crippen molar-refractivity contribution in [3.8, 4) is 0 Å². The zero-order chi connectivity index (χ0) is 19.0. The molecular formula is C22H26FN3O. The van der Waals surface area contributed by atoms with Gasteiger partial charge in [-0.3, -0.25) is 9.69 Å². The molecule has 1 amide bonds. The maximum Gasteiger partial charge on any atom is 0.248 e. The maximum atomic E-state index is 12.7. The van der Waals surface area contributed by atoms with Crippen LogP contribution >= 0.6 is 0 Å².